The van der Waals surface area contributed by atoms with Gasteiger partial charge in [0, 0.05) is 50.4 Å². The Morgan fingerprint density at radius 1 is 1.13 bits per heavy atom. The number of hydrogen-bond acceptors (Lipinski definition) is 4. The Morgan fingerprint density at radius 2 is 1.93 bits per heavy atom. The van der Waals surface area contributed by atoms with E-state index in [1.165, 1.54) is 19.3 Å². The zero-order chi connectivity index (χ0) is 20.8. The molecule has 0 saturated carbocycles. The van der Waals surface area contributed by atoms with Crippen LogP contribution in [0.1, 0.15) is 59.0 Å². The first kappa shape index (κ1) is 19.5. The Morgan fingerprint density at radius 3 is 2.67 bits per heavy atom. The van der Waals surface area contributed by atoms with Crippen LogP contribution in [0.25, 0.3) is 0 Å². The number of piperidine rings is 2. The molecule has 7 nitrogen and oxygen atoms in total. The maximum Gasteiger partial charge on any atom is 0.272 e. The zero-order valence-corrected chi connectivity index (χ0v) is 18.0. The number of carbonyl (C=O) groups is 1. The van der Waals surface area contributed by atoms with Crippen LogP contribution in [-0.4, -0.2) is 56.2 Å². The third-order valence-electron chi connectivity index (χ3n) is 7.03. The molecule has 2 bridgehead atoms. The van der Waals surface area contributed by atoms with E-state index in [-0.39, 0.29) is 17.4 Å². The Bertz CT molecular complexity index is 1020. The van der Waals surface area contributed by atoms with Crippen molar-refractivity contribution in [1.82, 2.24) is 24.1 Å². The molecule has 160 valence electrons. The van der Waals surface area contributed by atoms with Gasteiger partial charge in [-0.05, 0) is 57.3 Å². The molecule has 2 saturated heterocycles. The summed E-state index contributed by atoms with van der Waals surface area (Å²) in [5.41, 5.74) is 3.68. The standard InChI is InChI=1S/C23H31N5O2/c1-16-10-21(25(2)24-16)23(30)27-12-17-11-19(15-27)20-7-6-18(22(29)28(20)13-17)14-26-8-4-3-5-9-26/h6-7,10,17,19H,3-5,8-9,11-15H2,1-2H3/t17-,19+/m0/s1. The minimum absolute atomic E-state index is 0.0466. The number of pyridine rings is 1. The van der Waals surface area contributed by atoms with Gasteiger partial charge in [0.1, 0.15) is 5.69 Å². The molecule has 0 N–H and O–H groups in total. The van der Waals surface area contributed by atoms with Crippen LogP contribution in [0.4, 0.5) is 0 Å². The molecule has 5 rings (SSSR count). The van der Waals surface area contributed by atoms with Crippen molar-refractivity contribution in [3.05, 3.63) is 51.2 Å². The number of hydrogen-bond donors (Lipinski definition) is 0. The smallest absolute Gasteiger partial charge is 0.272 e. The van der Waals surface area contributed by atoms with Crippen LogP contribution in [0.15, 0.2) is 23.0 Å². The van der Waals surface area contributed by atoms with Gasteiger partial charge in [0.2, 0.25) is 0 Å². The average Bonchev–Trinajstić information content (AvgIpc) is 3.08. The fraction of sp³-hybridized carbons (Fsp3) is 0.609. The van der Waals surface area contributed by atoms with Gasteiger partial charge in [-0.2, -0.15) is 5.10 Å². The van der Waals surface area contributed by atoms with E-state index < -0.39 is 0 Å². The quantitative estimate of drug-likeness (QED) is 0.779. The highest BCUT2D eigenvalue weighted by atomic mass is 16.2. The summed E-state index contributed by atoms with van der Waals surface area (Å²) >= 11 is 0. The van der Waals surface area contributed by atoms with Crippen molar-refractivity contribution in [1.29, 1.82) is 0 Å². The summed E-state index contributed by atoms with van der Waals surface area (Å²) in [4.78, 5) is 30.7. The lowest BCUT2D eigenvalue weighted by Gasteiger charge is -2.43. The largest absolute Gasteiger partial charge is 0.336 e. The Balaban J connectivity index is 1.37. The summed E-state index contributed by atoms with van der Waals surface area (Å²) in [6.45, 7) is 6.96. The third-order valence-corrected chi connectivity index (χ3v) is 7.03. The van der Waals surface area contributed by atoms with Crippen molar-refractivity contribution >= 4 is 5.91 Å². The fourth-order valence-electron chi connectivity index (χ4n) is 5.61. The van der Waals surface area contributed by atoms with E-state index in [0.717, 1.165) is 43.0 Å². The summed E-state index contributed by atoms with van der Waals surface area (Å²) in [7, 11) is 1.82. The minimum Gasteiger partial charge on any atom is -0.336 e. The molecule has 0 aromatic carbocycles. The van der Waals surface area contributed by atoms with Gasteiger partial charge >= 0.3 is 0 Å². The maximum absolute atomic E-state index is 13.2. The second-order valence-electron chi connectivity index (χ2n) is 9.34. The number of aryl methyl sites for hydroxylation is 2. The van der Waals surface area contributed by atoms with Gasteiger partial charge in [-0.1, -0.05) is 12.5 Å². The van der Waals surface area contributed by atoms with Crippen LogP contribution in [-0.2, 0) is 20.1 Å². The summed E-state index contributed by atoms with van der Waals surface area (Å²) in [6, 6.07) is 6.04. The monoisotopic (exact) mass is 409 g/mol. The van der Waals surface area contributed by atoms with Gasteiger partial charge in [-0.3, -0.25) is 19.2 Å². The van der Waals surface area contributed by atoms with Crippen molar-refractivity contribution in [3.63, 3.8) is 0 Å². The Kier molecular flexibility index (Phi) is 5.01. The molecule has 0 radical (unpaired) electrons. The van der Waals surface area contributed by atoms with E-state index in [0.29, 0.717) is 31.2 Å². The van der Waals surface area contributed by atoms with Gasteiger partial charge in [0.05, 0.1) is 5.69 Å². The molecule has 7 heteroatoms. The SMILES string of the molecule is Cc1cc(C(=O)N2C[C@@H]3C[C@H](C2)c2ccc(CN4CCCCC4)c(=O)n2C3)n(C)n1. The number of fused-ring (bicyclic) bond motifs is 4. The number of nitrogens with zero attached hydrogens (tertiary/aromatic N) is 5. The highest BCUT2D eigenvalue weighted by Gasteiger charge is 2.37. The van der Waals surface area contributed by atoms with Gasteiger partial charge in [-0.15, -0.1) is 0 Å². The highest BCUT2D eigenvalue weighted by Crippen LogP contribution is 2.35. The Hall–Kier alpha value is -2.41. The van der Waals surface area contributed by atoms with Gasteiger partial charge in [0.15, 0.2) is 0 Å². The number of rotatable bonds is 3. The molecule has 3 aliphatic heterocycles. The maximum atomic E-state index is 13.2. The first-order valence-corrected chi connectivity index (χ1v) is 11.2. The van der Waals surface area contributed by atoms with E-state index >= 15 is 0 Å². The summed E-state index contributed by atoms with van der Waals surface area (Å²) in [6.07, 6.45) is 4.82. The number of aromatic nitrogens is 3. The van der Waals surface area contributed by atoms with Crippen LogP contribution in [0.5, 0.6) is 0 Å². The lowest BCUT2D eigenvalue weighted by atomic mass is 9.82. The number of amides is 1. The van der Waals surface area contributed by atoms with Crippen LogP contribution in [0, 0.1) is 12.8 Å². The number of likely N-dealkylation sites (tertiary alicyclic amines) is 2. The van der Waals surface area contributed by atoms with E-state index in [4.69, 9.17) is 0 Å². The zero-order valence-electron chi connectivity index (χ0n) is 18.0. The van der Waals surface area contributed by atoms with Gasteiger partial charge in [0.25, 0.3) is 11.5 Å². The first-order chi connectivity index (χ1) is 14.5. The van der Waals surface area contributed by atoms with Crippen LogP contribution in [0.2, 0.25) is 0 Å². The van der Waals surface area contributed by atoms with Crippen molar-refractivity contribution in [2.75, 3.05) is 26.2 Å². The molecule has 5 heterocycles. The summed E-state index contributed by atoms with van der Waals surface area (Å²) in [5.74, 6) is 0.607. The van der Waals surface area contributed by atoms with Crippen LogP contribution < -0.4 is 5.56 Å². The molecular formula is C23H31N5O2. The van der Waals surface area contributed by atoms with E-state index in [2.05, 4.69) is 16.1 Å². The predicted octanol–water partition coefficient (Wildman–Crippen LogP) is 2.14. The van der Waals surface area contributed by atoms with Crippen molar-refractivity contribution in [2.24, 2.45) is 13.0 Å². The predicted molar refractivity (Wildman–Crippen MR) is 115 cm³/mol. The van der Waals surface area contributed by atoms with E-state index in [9.17, 15) is 9.59 Å². The average molecular weight is 410 g/mol. The molecule has 2 fully saturated rings. The Labute approximate surface area is 177 Å². The normalized spacial score (nSPS) is 24.0. The lowest BCUT2D eigenvalue weighted by Crippen LogP contribution is -2.50. The summed E-state index contributed by atoms with van der Waals surface area (Å²) in [5, 5.41) is 4.32. The van der Waals surface area contributed by atoms with Gasteiger partial charge in [-0.25, -0.2) is 0 Å². The topological polar surface area (TPSA) is 63.4 Å². The molecular weight excluding hydrogens is 378 g/mol. The third kappa shape index (κ3) is 3.49. The molecule has 30 heavy (non-hydrogen) atoms. The van der Waals surface area contributed by atoms with Crippen molar-refractivity contribution in [2.45, 2.75) is 51.6 Å². The summed E-state index contributed by atoms with van der Waals surface area (Å²) < 4.78 is 3.68. The minimum atomic E-state index is 0.0466. The highest BCUT2D eigenvalue weighted by molar-refractivity contribution is 5.92. The second-order valence-corrected chi connectivity index (χ2v) is 9.34. The van der Waals surface area contributed by atoms with Crippen molar-refractivity contribution < 1.29 is 4.79 Å². The molecule has 2 aromatic heterocycles. The van der Waals surface area contributed by atoms with Crippen LogP contribution in [0.3, 0.4) is 0 Å². The molecule has 2 atom stereocenters. The molecule has 0 unspecified atom stereocenters. The molecule has 0 spiro atoms. The molecule has 2 aromatic rings. The van der Waals surface area contributed by atoms with E-state index in [1.807, 2.05) is 35.6 Å². The molecule has 3 aliphatic rings. The molecule has 0 aliphatic carbocycles. The first-order valence-electron chi connectivity index (χ1n) is 11.2. The van der Waals surface area contributed by atoms with E-state index in [1.54, 1.807) is 4.68 Å². The number of carbonyl (C=O) groups excluding carboxylic acids is 1. The molecule has 1 amide bonds. The second kappa shape index (κ2) is 7.69. The van der Waals surface area contributed by atoms with Gasteiger partial charge < -0.3 is 9.47 Å². The van der Waals surface area contributed by atoms with Crippen LogP contribution >= 0.6 is 0 Å². The van der Waals surface area contributed by atoms with Crippen molar-refractivity contribution in [3.8, 4) is 0 Å². The fourth-order valence-corrected chi connectivity index (χ4v) is 5.61. The lowest BCUT2D eigenvalue weighted by molar-refractivity contribution is 0.0583.